The van der Waals surface area contributed by atoms with Gasteiger partial charge in [-0.15, -0.1) is 0 Å². The molecule has 2 amide bonds. The number of rotatable bonds is 5. The third kappa shape index (κ3) is 8.03. The highest BCUT2D eigenvalue weighted by molar-refractivity contribution is 6.07. The van der Waals surface area contributed by atoms with Crippen LogP contribution < -0.4 is 15.4 Å². The zero-order chi connectivity index (χ0) is 27.1. The van der Waals surface area contributed by atoms with Gasteiger partial charge >= 0.3 is 18.3 Å². The van der Waals surface area contributed by atoms with Gasteiger partial charge in [-0.25, -0.2) is 4.79 Å². The van der Waals surface area contributed by atoms with Crippen molar-refractivity contribution in [2.75, 3.05) is 17.7 Å². The lowest BCUT2D eigenvalue weighted by Crippen LogP contribution is -2.21. The summed E-state index contributed by atoms with van der Waals surface area (Å²) >= 11 is 0. The van der Waals surface area contributed by atoms with E-state index in [0.29, 0.717) is 0 Å². The lowest BCUT2D eigenvalue weighted by molar-refractivity contribution is -0.192. The van der Waals surface area contributed by atoms with Crippen molar-refractivity contribution in [2.45, 2.75) is 12.4 Å². The molecule has 0 spiro atoms. The second-order valence-corrected chi connectivity index (χ2v) is 6.62. The molecule has 9 nitrogen and oxygen atoms in total. The molecule has 1 aromatic heterocycles. The Bertz CT molecular complexity index is 1230. The van der Waals surface area contributed by atoms with Crippen LogP contribution in [-0.2, 0) is 11.0 Å². The lowest BCUT2D eigenvalue weighted by atomic mass is 10.1. The van der Waals surface area contributed by atoms with E-state index in [4.69, 9.17) is 19.2 Å². The van der Waals surface area contributed by atoms with Crippen LogP contribution in [0.25, 0.3) is 0 Å². The number of ether oxygens (including phenoxy) is 1. The van der Waals surface area contributed by atoms with Gasteiger partial charge in [-0.1, -0.05) is 11.2 Å². The lowest BCUT2D eigenvalue weighted by Gasteiger charge is -2.12. The first-order valence-electron chi connectivity index (χ1n) is 9.40. The largest absolute Gasteiger partial charge is 0.497 e. The first kappa shape index (κ1) is 27.7. The molecule has 0 aliphatic rings. The summed E-state index contributed by atoms with van der Waals surface area (Å²) in [5, 5.41) is 15.5. The van der Waals surface area contributed by atoms with Crippen LogP contribution in [0.2, 0.25) is 0 Å². The van der Waals surface area contributed by atoms with Gasteiger partial charge in [0.25, 0.3) is 11.8 Å². The van der Waals surface area contributed by atoms with Crippen molar-refractivity contribution in [1.29, 1.82) is 0 Å². The predicted molar refractivity (Wildman–Crippen MR) is 111 cm³/mol. The SMILES string of the molecule is COc1cc(NC(=O)c2ccno2)cc(C(=O)Nc2cccc(C(F)(F)F)c2)c1.O=C(O)C(F)(F)F. The molecule has 0 atom stereocenters. The normalized spacial score (nSPS) is 11.1. The number of carboxylic acid groups (broad SMARTS) is 1. The Hall–Kier alpha value is -4.56. The number of halogens is 6. The van der Waals surface area contributed by atoms with Crippen molar-refractivity contribution in [3.63, 3.8) is 0 Å². The number of carbonyl (C=O) groups excluding carboxylic acids is 2. The fourth-order valence-corrected chi connectivity index (χ4v) is 2.42. The van der Waals surface area contributed by atoms with Crippen LogP contribution >= 0.6 is 0 Å². The fourth-order valence-electron chi connectivity index (χ4n) is 2.42. The van der Waals surface area contributed by atoms with Gasteiger partial charge in [0.15, 0.2) is 0 Å². The fraction of sp³-hybridized carbons (Fsp3) is 0.143. The molecular formula is C21H15F6N3O6. The summed E-state index contributed by atoms with van der Waals surface area (Å²) in [6, 6.07) is 9.80. The maximum absolute atomic E-state index is 12.8. The first-order chi connectivity index (χ1) is 16.7. The second kappa shape index (κ2) is 11.2. The number of alkyl halides is 6. The van der Waals surface area contributed by atoms with E-state index in [1.165, 1.54) is 49.7 Å². The number of nitrogens with zero attached hydrogens (tertiary/aromatic N) is 1. The number of benzene rings is 2. The van der Waals surface area contributed by atoms with Crippen LogP contribution in [0.3, 0.4) is 0 Å². The number of anilines is 2. The minimum Gasteiger partial charge on any atom is -0.497 e. The zero-order valence-electron chi connectivity index (χ0n) is 17.9. The van der Waals surface area contributed by atoms with Crippen LogP contribution in [0.15, 0.2) is 59.3 Å². The smallest absolute Gasteiger partial charge is 0.490 e. The molecule has 36 heavy (non-hydrogen) atoms. The summed E-state index contributed by atoms with van der Waals surface area (Å²) in [4.78, 5) is 33.5. The molecule has 0 saturated heterocycles. The van der Waals surface area contributed by atoms with E-state index in [1.807, 2.05) is 0 Å². The van der Waals surface area contributed by atoms with Gasteiger partial charge in [0, 0.05) is 29.1 Å². The molecule has 0 bridgehead atoms. The molecule has 0 aliphatic carbocycles. The molecule has 0 radical (unpaired) electrons. The number of amides is 2. The highest BCUT2D eigenvalue weighted by atomic mass is 19.4. The Balaban J connectivity index is 0.000000572. The average Bonchev–Trinajstić information content (AvgIpc) is 3.33. The van der Waals surface area contributed by atoms with E-state index in [0.717, 1.165) is 12.1 Å². The van der Waals surface area contributed by atoms with E-state index in [1.54, 1.807) is 0 Å². The van der Waals surface area contributed by atoms with Gasteiger partial charge in [0.2, 0.25) is 5.76 Å². The molecule has 3 rings (SSSR count). The first-order valence-corrected chi connectivity index (χ1v) is 9.40. The third-order valence-electron chi connectivity index (χ3n) is 4.01. The summed E-state index contributed by atoms with van der Waals surface area (Å²) < 4.78 is 80.1. The minimum atomic E-state index is -5.08. The summed E-state index contributed by atoms with van der Waals surface area (Å²) in [5.41, 5.74) is -0.629. The zero-order valence-corrected chi connectivity index (χ0v) is 17.9. The minimum absolute atomic E-state index is 0.0279. The number of carbonyl (C=O) groups is 3. The van der Waals surface area contributed by atoms with Crippen molar-refractivity contribution < 1.29 is 55.1 Å². The van der Waals surface area contributed by atoms with Crippen molar-refractivity contribution in [3.8, 4) is 5.75 Å². The van der Waals surface area contributed by atoms with Crippen LogP contribution in [0.5, 0.6) is 5.75 Å². The van der Waals surface area contributed by atoms with Gasteiger partial charge in [0.1, 0.15) is 5.75 Å². The van der Waals surface area contributed by atoms with Crippen LogP contribution in [0.1, 0.15) is 26.5 Å². The molecule has 0 unspecified atom stereocenters. The number of methoxy groups -OCH3 is 1. The van der Waals surface area contributed by atoms with Gasteiger partial charge < -0.3 is 25.0 Å². The number of aromatic nitrogens is 1. The maximum atomic E-state index is 12.8. The molecule has 15 heteroatoms. The van der Waals surface area contributed by atoms with Crippen molar-refractivity contribution in [3.05, 3.63) is 71.6 Å². The Morgan fingerprint density at radius 1 is 0.917 bits per heavy atom. The number of nitrogens with one attached hydrogen (secondary N) is 2. The molecule has 2 aromatic carbocycles. The predicted octanol–water partition coefficient (Wildman–Crippen LogP) is 4.84. The van der Waals surface area contributed by atoms with Crippen molar-refractivity contribution >= 4 is 29.2 Å². The van der Waals surface area contributed by atoms with E-state index in [9.17, 15) is 35.9 Å². The van der Waals surface area contributed by atoms with Crippen molar-refractivity contribution in [2.24, 2.45) is 0 Å². The molecule has 0 fully saturated rings. The highest BCUT2D eigenvalue weighted by Crippen LogP contribution is 2.31. The van der Waals surface area contributed by atoms with Gasteiger partial charge in [-0.3, -0.25) is 9.59 Å². The number of aliphatic carboxylic acids is 1. The number of hydrogen-bond donors (Lipinski definition) is 3. The summed E-state index contributed by atoms with van der Waals surface area (Å²) in [5.74, 6) is -3.82. The van der Waals surface area contributed by atoms with Crippen LogP contribution in [0, 0.1) is 0 Å². The molecule has 3 aromatic rings. The third-order valence-corrected chi connectivity index (χ3v) is 4.01. The quantitative estimate of drug-likeness (QED) is 0.411. The van der Waals surface area contributed by atoms with E-state index in [2.05, 4.69) is 15.8 Å². The van der Waals surface area contributed by atoms with E-state index >= 15 is 0 Å². The van der Waals surface area contributed by atoms with Crippen LogP contribution in [0.4, 0.5) is 37.7 Å². The topological polar surface area (TPSA) is 131 Å². The second-order valence-electron chi connectivity index (χ2n) is 6.62. The Morgan fingerprint density at radius 3 is 2.08 bits per heavy atom. The Labute approximate surface area is 197 Å². The molecule has 3 N–H and O–H groups in total. The molecule has 0 saturated carbocycles. The van der Waals surface area contributed by atoms with Gasteiger partial charge in [-0.2, -0.15) is 26.3 Å². The average molecular weight is 519 g/mol. The highest BCUT2D eigenvalue weighted by Gasteiger charge is 2.38. The number of carboxylic acids is 1. The summed E-state index contributed by atoms with van der Waals surface area (Å²) in [6.07, 6.45) is -8.32. The standard InChI is InChI=1S/C19H14F3N3O4.C2HF3O2/c1-28-15-8-11(7-14(10-15)25-18(27)16-5-6-23-29-16)17(26)24-13-4-2-3-12(9-13)19(20,21)22;3-2(4,5)1(6)7/h2-10H,1H3,(H,24,26)(H,25,27);(H,6,7). The maximum Gasteiger partial charge on any atom is 0.490 e. The molecule has 1 heterocycles. The van der Waals surface area contributed by atoms with Gasteiger partial charge in [0.05, 0.1) is 18.9 Å². The molecule has 192 valence electrons. The van der Waals surface area contributed by atoms with E-state index < -0.39 is 35.7 Å². The summed E-state index contributed by atoms with van der Waals surface area (Å²) in [6.45, 7) is 0. The molecular weight excluding hydrogens is 504 g/mol. The Kier molecular flexibility index (Phi) is 8.65. The van der Waals surface area contributed by atoms with Gasteiger partial charge in [-0.05, 0) is 30.3 Å². The van der Waals surface area contributed by atoms with E-state index in [-0.39, 0.29) is 28.4 Å². The van der Waals surface area contributed by atoms with Crippen molar-refractivity contribution in [1.82, 2.24) is 5.16 Å². The number of hydrogen-bond acceptors (Lipinski definition) is 6. The van der Waals surface area contributed by atoms with Crippen LogP contribution in [-0.4, -0.2) is 41.3 Å². The molecule has 0 aliphatic heterocycles. The Morgan fingerprint density at radius 2 is 1.56 bits per heavy atom. The monoisotopic (exact) mass is 519 g/mol. The summed E-state index contributed by atoms with van der Waals surface area (Å²) in [7, 11) is 1.37.